The molecule has 2 N–H and O–H groups in total. The fraction of sp³-hybridized carbons (Fsp3) is 0.286. The maximum absolute atomic E-state index is 14.1. The van der Waals surface area contributed by atoms with Crippen LogP contribution < -0.4 is 5.32 Å². The molecule has 1 aliphatic heterocycles. The van der Waals surface area contributed by atoms with Crippen molar-refractivity contribution in [1.82, 2.24) is 10.2 Å². The highest BCUT2D eigenvalue weighted by Gasteiger charge is 2.33. The molecule has 0 radical (unpaired) electrons. The fourth-order valence-corrected chi connectivity index (χ4v) is 3.68. The summed E-state index contributed by atoms with van der Waals surface area (Å²) in [5.41, 5.74) is 2.26. The van der Waals surface area contributed by atoms with Crippen molar-refractivity contribution in [1.29, 1.82) is 0 Å². The molecule has 0 saturated carbocycles. The first-order valence-corrected chi connectivity index (χ1v) is 7.28. The number of nitrogens with zero attached hydrogens (tertiary/aromatic N) is 1. The molecule has 4 nitrogen and oxygen atoms in total. The van der Waals surface area contributed by atoms with Crippen molar-refractivity contribution in [2.75, 3.05) is 5.32 Å². The number of H-pyrrole nitrogens is 1. The average Bonchev–Trinajstić information content (AvgIpc) is 2.71. The number of hydrogen-bond acceptors (Lipinski definition) is 3. The number of benzene rings is 1. The number of halogens is 1. The molecule has 0 spiro atoms. The number of fused-ring (bicyclic) bond motifs is 1. The van der Waals surface area contributed by atoms with Gasteiger partial charge in [-0.25, -0.2) is 4.39 Å². The number of hydrogen-bond donors (Lipinski definition) is 2. The molecule has 0 bridgehead atoms. The van der Waals surface area contributed by atoms with Gasteiger partial charge in [-0.1, -0.05) is 18.2 Å². The molecule has 0 saturated heterocycles. The summed E-state index contributed by atoms with van der Waals surface area (Å²) in [6.07, 6.45) is 0. The van der Waals surface area contributed by atoms with Gasteiger partial charge in [-0.3, -0.25) is 9.89 Å². The van der Waals surface area contributed by atoms with E-state index in [1.807, 2.05) is 13.8 Å². The third-order valence-electron chi connectivity index (χ3n) is 3.40. The second-order valence-corrected chi connectivity index (χ2v) is 6.23. The molecular formula is C14H14FN3OS. The summed E-state index contributed by atoms with van der Waals surface area (Å²) in [7, 11) is 0. The van der Waals surface area contributed by atoms with Crippen LogP contribution in [0.25, 0.3) is 0 Å². The molecule has 1 aliphatic rings. The summed E-state index contributed by atoms with van der Waals surface area (Å²) in [6, 6.07) is 6.66. The van der Waals surface area contributed by atoms with E-state index in [1.165, 1.54) is 17.8 Å². The summed E-state index contributed by atoms with van der Waals surface area (Å²) >= 11 is 1.43. The maximum atomic E-state index is 14.1. The Labute approximate surface area is 120 Å². The van der Waals surface area contributed by atoms with E-state index >= 15 is 0 Å². The number of aryl methyl sites for hydroxylation is 1. The van der Waals surface area contributed by atoms with E-state index in [4.69, 9.17) is 0 Å². The van der Waals surface area contributed by atoms with Crippen LogP contribution in [-0.4, -0.2) is 21.4 Å². The minimum absolute atomic E-state index is 0.110. The lowest BCUT2D eigenvalue weighted by molar-refractivity contribution is -0.115. The lowest BCUT2D eigenvalue weighted by atomic mass is 10.0. The fourth-order valence-electron chi connectivity index (χ4n) is 2.32. The van der Waals surface area contributed by atoms with Gasteiger partial charge < -0.3 is 5.32 Å². The maximum Gasteiger partial charge on any atom is 0.238 e. The standard InChI is InChI=1S/C14H14FN3OS/c1-7-11-12(9-5-3-4-6-10(9)15)20-8(2)14(19)16-13(11)18-17-7/h3-6,8,12H,1-2H3,(H2,16,17,18,19)/t8-,12-/m1/s1. The van der Waals surface area contributed by atoms with Crippen molar-refractivity contribution in [2.24, 2.45) is 0 Å². The van der Waals surface area contributed by atoms with Crippen molar-refractivity contribution in [2.45, 2.75) is 24.3 Å². The highest BCUT2D eigenvalue weighted by Crippen LogP contribution is 2.45. The molecule has 6 heteroatoms. The Morgan fingerprint density at radius 2 is 2.10 bits per heavy atom. The molecule has 0 aliphatic carbocycles. The number of nitrogens with one attached hydrogen (secondary N) is 2. The van der Waals surface area contributed by atoms with Crippen LogP contribution in [0.5, 0.6) is 0 Å². The lowest BCUT2D eigenvalue weighted by Gasteiger charge is -2.18. The van der Waals surface area contributed by atoms with Gasteiger partial charge in [0.15, 0.2) is 5.82 Å². The van der Waals surface area contributed by atoms with Crippen LogP contribution in [0.4, 0.5) is 10.2 Å². The second kappa shape index (κ2) is 4.94. The van der Waals surface area contributed by atoms with Crippen LogP contribution >= 0.6 is 11.8 Å². The predicted octanol–water partition coefficient (Wildman–Crippen LogP) is 3.02. The average molecular weight is 291 g/mol. The number of aromatic amines is 1. The van der Waals surface area contributed by atoms with Gasteiger partial charge in [-0.05, 0) is 19.9 Å². The van der Waals surface area contributed by atoms with Gasteiger partial charge in [-0.2, -0.15) is 5.10 Å². The first-order chi connectivity index (χ1) is 9.58. The summed E-state index contributed by atoms with van der Waals surface area (Å²) < 4.78 is 14.1. The molecule has 2 heterocycles. The zero-order valence-corrected chi connectivity index (χ0v) is 11.9. The van der Waals surface area contributed by atoms with Crippen LogP contribution in [0.1, 0.15) is 29.0 Å². The Bertz CT molecular complexity index is 670. The summed E-state index contributed by atoms with van der Waals surface area (Å²) in [5, 5.41) is 9.24. The van der Waals surface area contributed by atoms with Crippen LogP contribution in [0.3, 0.4) is 0 Å². The topological polar surface area (TPSA) is 57.8 Å². The minimum atomic E-state index is -0.270. The third-order valence-corrected chi connectivity index (χ3v) is 4.78. The van der Waals surface area contributed by atoms with E-state index in [-0.39, 0.29) is 22.2 Å². The molecule has 2 atom stereocenters. The van der Waals surface area contributed by atoms with E-state index in [2.05, 4.69) is 15.5 Å². The molecule has 2 aromatic rings. The van der Waals surface area contributed by atoms with E-state index < -0.39 is 0 Å². The van der Waals surface area contributed by atoms with Gasteiger partial charge in [0, 0.05) is 16.8 Å². The number of rotatable bonds is 1. The minimum Gasteiger partial charge on any atom is -0.308 e. The molecule has 1 aromatic heterocycles. The van der Waals surface area contributed by atoms with Gasteiger partial charge in [0.1, 0.15) is 5.82 Å². The number of amides is 1. The molecule has 104 valence electrons. The largest absolute Gasteiger partial charge is 0.308 e. The van der Waals surface area contributed by atoms with Gasteiger partial charge in [0.25, 0.3) is 0 Å². The first-order valence-electron chi connectivity index (χ1n) is 6.33. The van der Waals surface area contributed by atoms with E-state index in [9.17, 15) is 9.18 Å². The second-order valence-electron chi connectivity index (χ2n) is 4.78. The predicted molar refractivity (Wildman–Crippen MR) is 77.3 cm³/mol. The quantitative estimate of drug-likeness (QED) is 0.849. The van der Waals surface area contributed by atoms with Crippen LogP contribution in [0.2, 0.25) is 0 Å². The van der Waals surface area contributed by atoms with Crippen molar-refractivity contribution in [3.8, 4) is 0 Å². The van der Waals surface area contributed by atoms with Crippen molar-refractivity contribution in [3.05, 3.63) is 46.9 Å². The Hall–Kier alpha value is -1.82. The van der Waals surface area contributed by atoms with Crippen LogP contribution in [0.15, 0.2) is 24.3 Å². The molecule has 0 fully saturated rings. The summed E-state index contributed by atoms with van der Waals surface area (Å²) in [5.74, 6) is 0.122. The monoisotopic (exact) mass is 291 g/mol. The molecule has 0 unspecified atom stereocenters. The third kappa shape index (κ3) is 2.10. The molecule has 1 aromatic carbocycles. The summed E-state index contributed by atoms with van der Waals surface area (Å²) in [6.45, 7) is 3.70. The number of anilines is 1. The Balaban J connectivity index is 2.16. The SMILES string of the molecule is Cc1[nH]nc2c1[C@@H](c1ccccc1F)S[C@H](C)C(=O)N2. The van der Waals surface area contributed by atoms with Gasteiger partial charge in [-0.15, -0.1) is 11.8 Å². The number of thioether (sulfide) groups is 1. The molecule has 1 amide bonds. The van der Waals surface area contributed by atoms with E-state index in [0.29, 0.717) is 11.4 Å². The van der Waals surface area contributed by atoms with E-state index in [1.54, 1.807) is 18.2 Å². The van der Waals surface area contributed by atoms with Gasteiger partial charge >= 0.3 is 0 Å². The highest BCUT2D eigenvalue weighted by molar-refractivity contribution is 8.01. The lowest BCUT2D eigenvalue weighted by Crippen LogP contribution is -2.21. The Morgan fingerprint density at radius 1 is 1.35 bits per heavy atom. The Morgan fingerprint density at radius 3 is 2.85 bits per heavy atom. The van der Waals surface area contributed by atoms with Crippen molar-refractivity contribution in [3.63, 3.8) is 0 Å². The number of carbonyl (C=O) groups excluding carboxylic acids is 1. The zero-order valence-electron chi connectivity index (χ0n) is 11.1. The van der Waals surface area contributed by atoms with E-state index in [0.717, 1.165) is 11.3 Å². The van der Waals surface area contributed by atoms with Crippen molar-refractivity contribution >= 4 is 23.5 Å². The molecular weight excluding hydrogens is 277 g/mol. The smallest absolute Gasteiger partial charge is 0.238 e. The van der Waals surface area contributed by atoms with Crippen molar-refractivity contribution < 1.29 is 9.18 Å². The van der Waals surface area contributed by atoms with Crippen LogP contribution in [-0.2, 0) is 4.79 Å². The summed E-state index contributed by atoms with van der Waals surface area (Å²) in [4.78, 5) is 12.0. The highest BCUT2D eigenvalue weighted by atomic mass is 32.2. The molecule has 20 heavy (non-hydrogen) atoms. The normalized spacial score (nSPS) is 22.1. The van der Waals surface area contributed by atoms with Gasteiger partial charge in [0.05, 0.1) is 10.5 Å². The molecule has 3 rings (SSSR count). The number of carbonyl (C=O) groups is 1. The number of aromatic nitrogens is 2. The van der Waals surface area contributed by atoms with Crippen LogP contribution in [0, 0.1) is 12.7 Å². The van der Waals surface area contributed by atoms with Gasteiger partial charge in [0.2, 0.25) is 5.91 Å². The first kappa shape index (κ1) is 13.2. The Kier molecular flexibility index (Phi) is 3.25. The zero-order chi connectivity index (χ0) is 14.3.